The van der Waals surface area contributed by atoms with E-state index in [4.69, 9.17) is 19.2 Å². The molecule has 0 aliphatic carbocycles. The van der Waals surface area contributed by atoms with Crippen LogP contribution in [0.25, 0.3) is 0 Å². The first-order valence-electron chi connectivity index (χ1n) is 16.9. The van der Waals surface area contributed by atoms with E-state index in [1.807, 2.05) is 125 Å². The lowest BCUT2D eigenvalue weighted by atomic mass is 9.77. The molecule has 5 aromatic rings. The van der Waals surface area contributed by atoms with Gasteiger partial charge in [-0.3, -0.25) is 0 Å². The molecule has 12 heteroatoms. The van der Waals surface area contributed by atoms with Gasteiger partial charge in [0, 0.05) is 13.2 Å². The Hall–Kier alpha value is -5.20. The van der Waals surface area contributed by atoms with Crippen LogP contribution >= 0.6 is 0 Å². The van der Waals surface area contributed by atoms with Crippen LogP contribution in [0.3, 0.4) is 0 Å². The van der Waals surface area contributed by atoms with E-state index in [1.165, 1.54) is 15.2 Å². The SMILES string of the molecule is COc1cc(C(C)C)c(NC(=O)N(C(c2ccccc2)(c2ccccc2)c2ccccc2)[S@@](=N)(=O)c2cnn3c2OC[C@@H](OC)C3)c(C(C)C)n1. The van der Waals surface area contributed by atoms with E-state index in [1.54, 1.807) is 14.2 Å². The summed E-state index contributed by atoms with van der Waals surface area (Å²) in [6.07, 6.45) is 1.08. The van der Waals surface area contributed by atoms with Crippen molar-refractivity contribution in [3.63, 3.8) is 0 Å². The van der Waals surface area contributed by atoms with Crippen molar-refractivity contribution in [2.24, 2.45) is 0 Å². The van der Waals surface area contributed by atoms with Crippen molar-refractivity contribution in [1.29, 1.82) is 4.78 Å². The standard InChI is InChI=1S/C39H44N6O5S/c1-26(2)32-22-34(49-6)42-35(27(3)4)36(32)43-38(46)45(51(40,47)33-23-41-44-24-31(48-5)25-50-37(33)44)39(28-16-10-7-11-17-28,29-18-12-8-13-19-29)30-20-14-9-15-21-30/h7-23,26-27,31,40H,24-25H2,1-6H3,(H,43,46)/t31-,51+/m0/s1. The van der Waals surface area contributed by atoms with Crippen molar-refractivity contribution in [1.82, 2.24) is 19.1 Å². The van der Waals surface area contributed by atoms with Gasteiger partial charge < -0.3 is 19.5 Å². The molecule has 2 N–H and O–H groups in total. The molecule has 0 unspecified atom stereocenters. The maximum atomic E-state index is 15.8. The predicted octanol–water partition coefficient (Wildman–Crippen LogP) is 7.79. The Morgan fingerprint density at radius 1 is 0.941 bits per heavy atom. The van der Waals surface area contributed by atoms with Gasteiger partial charge in [-0.2, -0.15) is 5.10 Å². The van der Waals surface area contributed by atoms with Crippen LogP contribution in [0.1, 0.15) is 67.5 Å². The number of pyridine rings is 1. The Bertz CT molecular complexity index is 1960. The number of hydrogen-bond acceptors (Lipinski definition) is 8. The van der Waals surface area contributed by atoms with Gasteiger partial charge in [-0.25, -0.2) is 27.8 Å². The molecule has 2 atom stereocenters. The van der Waals surface area contributed by atoms with Gasteiger partial charge in [0.15, 0.2) is 9.92 Å². The van der Waals surface area contributed by atoms with Crippen molar-refractivity contribution >= 4 is 21.6 Å². The zero-order valence-electron chi connectivity index (χ0n) is 29.7. The first kappa shape index (κ1) is 35.6. The molecule has 0 saturated carbocycles. The third-order valence-electron chi connectivity index (χ3n) is 9.16. The van der Waals surface area contributed by atoms with E-state index >= 15 is 9.00 Å². The van der Waals surface area contributed by atoms with Gasteiger partial charge in [-0.05, 0) is 34.1 Å². The number of carbonyl (C=O) groups is 1. The lowest BCUT2D eigenvalue weighted by Gasteiger charge is -2.45. The quantitative estimate of drug-likeness (QED) is 0.134. The van der Waals surface area contributed by atoms with Gasteiger partial charge in [0.25, 0.3) is 0 Å². The topological polar surface area (TPSA) is 132 Å². The lowest BCUT2D eigenvalue weighted by Crippen LogP contribution is -2.55. The van der Waals surface area contributed by atoms with Crippen molar-refractivity contribution in [2.45, 2.75) is 62.6 Å². The molecule has 3 aromatic carbocycles. The zero-order valence-corrected chi connectivity index (χ0v) is 30.5. The van der Waals surface area contributed by atoms with Crippen LogP contribution in [-0.2, 0) is 26.7 Å². The van der Waals surface area contributed by atoms with E-state index in [0.717, 1.165) is 5.56 Å². The highest BCUT2D eigenvalue weighted by atomic mass is 32.2. The molecule has 11 nitrogen and oxygen atoms in total. The normalized spacial score (nSPS) is 15.5. The molecule has 6 rings (SSSR count). The minimum absolute atomic E-state index is 0.0274. The number of nitrogens with one attached hydrogen (secondary N) is 2. The Balaban J connectivity index is 1.69. The largest absolute Gasteiger partial charge is 0.481 e. The van der Waals surface area contributed by atoms with Gasteiger partial charge in [0.05, 0.1) is 31.2 Å². The number of anilines is 1. The number of amides is 2. The third kappa shape index (κ3) is 6.45. The Kier molecular flexibility index (Phi) is 10.2. The molecule has 1 aliphatic rings. The minimum atomic E-state index is -4.30. The summed E-state index contributed by atoms with van der Waals surface area (Å²) in [6.45, 7) is 8.52. The highest BCUT2D eigenvalue weighted by Crippen LogP contribution is 2.47. The highest BCUT2D eigenvalue weighted by Gasteiger charge is 2.51. The Labute approximate surface area is 299 Å². The molecule has 2 aromatic heterocycles. The van der Waals surface area contributed by atoms with Gasteiger partial charge in [-0.1, -0.05) is 119 Å². The van der Waals surface area contributed by atoms with Gasteiger partial charge in [0.1, 0.15) is 23.1 Å². The predicted molar refractivity (Wildman–Crippen MR) is 197 cm³/mol. The van der Waals surface area contributed by atoms with Crippen LogP contribution in [0.15, 0.2) is 108 Å². The van der Waals surface area contributed by atoms with Gasteiger partial charge >= 0.3 is 6.03 Å². The van der Waals surface area contributed by atoms with E-state index in [9.17, 15) is 4.78 Å². The average Bonchev–Trinajstić information content (AvgIpc) is 3.59. The number of nitrogens with zero attached hydrogens (tertiary/aromatic N) is 4. The first-order valence-corrected chi connectivity index (χ1v) is 18.4. The molecule has 51 heavy (non-hydrogen) atoms. The van der Waals surface area contributed by atoms with Crippen molar-refractivity contribution in [3.8, 4) is 11.8 Å². The summed E-state index contributed by atoms with van der Waals surface area (Å²) < 4.78 is 45.7. The number of carbonyl (C=O) groups excluding carboxylic acids is 1. The van der Waals surface area contributed by atoms with Crippen LogP contribution in [-0.4, -0.2) is 56.2 Å². The van der Waals surface area contributed by atoms with E-state index < -0.39 is 21.5 Å². The van der Waals surface area contributed by atoms with Crippen molar-refractivity contribution < 1.29 is 23.2 Å². The summed E-state index contributed by atoms with van der Waals surface area (Å²) in [5.41, 5.74) is 2.15. The van der Waals surface area contributed by atoms with Crippen LogP contribution in [0.2, 0.25) is 0 Å². The second kappa shape index (κ2) is 14.6. The van der Waals surface area contributed by atoms with E-state index in [0.29, 0.717) is 40.5 Å². The lowest BCUT2D eigenvalue weighted by molar-refractivity contribution is 0.0165. The molecule has 0 bridgehead atoms. The van der Waals surface area contributed by atoms with Crippen LogP contribution < -0.4 is 14.8 Å². The summed E-state index contributed by atoms with van der Waals surface area (Å²) >= 11 is 0. The van der Waals surface area contributed by atoms with Crippen LogP contribution in [0.5, 0.6) is 11.8 Å². The number of urea groups is 1. The summed E-state index contributed by atoms with van der Waals surface area (Å²) in [4.78, 5) is 20.3. The third-order valence-corrected chi connectivity index (χ3v) is 11.0. The smallest absolute Gasteiger partial charge is 0.336 e. The Morgan fingerprint density at radius 2 is 1.49 bits per heavy atom. The number of ether oxygens (including phenoxy) is 3. The molecule has 3 heterocycles. The summed E-state index contributed by atoms with van der Waals surface area (Å²) in [7, 11) is -1.15. The molecule has 2 amide bonds. The average molecular weight is 709 g/mol. The zero-order chi connectivity index (χ0) is 36.3. The number of fused-ring (bicyclic) bond motifs is 1. The van der Waals surface area contributed by atoms with Crippen molar-refractivity contribution in [3.05, 3.63) is 131 Å². The van der Waals surface area contributed by atoms with Crippen LogP contribution in [0, 0.1) is 4.78 Å². The molecule has 0 fully saturated rings. The van der Waals surface area contributed by atoms with E-state index in [-0.39, 0.29) is 35.3 Å². The number of methoxy groups -OCH3 is 2. The Morgan fingerprint density at radius 3 is 1.96 bits per heavy atom. The number of rotatable bonds is 11. The number of benzene rings is 3. The monoisotopic (exact) mass is 708 g/mol. The maximum absolute atomic E-state index is 15.8. The fraction of sp³-hybridized carbons (Fsp3) is 0.308. The molecule has 1 aliphatic heterocycles. The minimum Gasteiger partial charge on any atom is -0.481 e. The van der Waals surface area contributed by atoms with Gasteiger partial charge in [-0.15, -0.1) is 0 Å². The fourth-order valence-electron chi connectivity index (χ4n) is 6.66. The maximum Gasteiger partial charge on any atom is 0.336 e. The second-order valence-corrected chi connectivity index (χ2v) is 14.9. The molecule has 266 valence electrons. The molecule has 0 saturated heterocycles. The van der Waals surface area contributed by atoms with Crippen molar-refractivity contribution in [2.75, 3.05) is 26.1 Å². The van der Waals surface area contributed by atoms with Crippen LogP contribution in [0.4, 0.5) is 10.5 Å². The number of aromatic nitrogens is 3. The second-order valence-electron chi connectivity index (χ2n) is 13.0. The first-order chi connectivity index (χ1) is 24.5. The number of hydrogen-bond donors (Lipinski definition) is 2. The molecule has 0 spiro atoms. The van der Waals surface area contributed by atoms with Gasteiger partial charge in [0.2, 0.25) is 11.8 Å². The molecular formula is C39H44N6O5S. The molecule has 0 radical (unpaired) electrons. The summed E-state index contributed by atoms with van der Waals surface area (Å²) in [5, 5.41) is 7.62. The molecular weight excluding hydrogens is 665 g/mol. The fourth-order valence-corrected chi connectivity index (χ4v) is 8.43. The highest BCUT2D eigenvalue weighted by molar-refractivity contribution is 7.90. The summed E-state index contributed by atoms with van der Waals surface area (Å²) in [5.74, 6) is 0.414. The van der Waals surface area contributed by atoms with E-state index in [2.05, 4.69) is 10.4 Å². The summed E-state index contributed by atoms with van der Waals surface area (Å²) in [6, 6.07) is 29.2.